The Balaban J connectivity index is 0.000000465. The molecule has 0 aliphatic carbocycles. The first-order valence-corrected chi connectivity index (χ1v) is 9.00. The van der Waals surface area contributed by atoms with Gasteiger partial charge in [-0.1, -0.05) is 6.07 Å². The highest BCUT2D eigenvalue weighted by Gasteiger charge is 2.06. The zero-order chi connectivity index (χ0) is 19.8. The fourth-order valence-electron chi connectivity index (χ4n) is 2.45. The van der Waals surface area contributed by atoms with Gasteiger partial charge in [-0.3, -0.25) is 9.59 Å². The highest BCUT2D eigenvalue weighted by Crippen LogP contribution is 2.24. The van der Waals surface area contributed by atoms with Crippen molar-refractivity contribution in [3.8, 4) is 5.75 Å². The number of rotatable bonds is 5. The van der Waals surface area contributed by atoms with Gasteiger partial charge in [0.1, 0.15) is 11.6 Å². The molecule has 0 aliphatic heterocycles. The molecule has 0 unspecified atom stereocenters. The average molecular weight is 436 g/mol. The molecule has 0 saturated carbocycles. The summed E-state index contributed by atoms with van der Waals surface area (Å²) >= 11 is 3.15. The average Bonchev–Trinajstić information content (AvgIpc) is 3.01. The highest BCUT2D eigenvalue weighted by atomic mass is 79.9. The van der Waals surface area contributed by atoms with Crippen molar-refractivity contribution in [3.05, 3.63) is 64.5 Å². The van der Waals surface area contributed by atoms with E-state index >= 15 is 0 Å². The van der Waals surface area contributed by atoms with Gasteiger partial charge in [0.2, 0.25) is 0 Å². The zero-order valence-electron chi connectivity index (χ0n) is 14.9. The van der Waals surface area contributed by atoms with Crippen LogP contribution in [0.15, 0.2) is 53.1 Å². The summed E-state index contributed by atoms with van der Waals surface area (Å²) in [6.07, 6.45) is 1.93. The van der Waals surface area contributed by atoms with Gasteiger partial charge in [-0.15, -0.1) is 0 Å². The van der Waals surface area contributed by atoms with Crippen molar-refractivity contribution < 1.29 is 23.5 Å². The van der Waals surface area contributed by atoms with Crippen LogP contribution in [0.4, 0.5) is 4.39 Å². The van der Waals surface area contributed by atoms with Crippen molar-refractivity contribution in [2.75, 3.05) is 6.61 Å². The second kappa shape index (κ2) is 9.87. The topological polar surface area (TPSA) is 57.5 Å². The molecule has 3 rings (SSSR count). The molecule has 0 spiro atoms. The van der Waals surface area contributed by atoms with Crippen molar-refractivity contribution in [2.24, 2.45) is 0 Å². The molecule has 0 bridgehead atoms. The number of aromatic nitrogens is 1. The van der Waals surface area contributed by atoms with Gasteiger partial charge in [-0.2, -0.15) is 0 Å². The summed E-state index contributed by atoms with van der Waals surface area (Å²) in [5, 5.41) is 0.969. The van der Waals surface area contributed by atoms with E-state index in [0.717, 1.165) is 16.5 Å². The molecule has 5 nitrogen and oxygen atoms in total. The summed E-state index contributed by atoms with van der Waals surface area (Å²) in [5.74, 6) is -0.0948. The fraction of sp³-hybridized carbons (Fsp3) is 0.200. The Bertz CT molecular complexity index is 939. The molecule has 1 aromatic heterocycles. The van der Waals surface area contributed by atoms with Crippen LogP contribution in [-0.2, 0) is 20.9 Å². The minimum Gasteiger partial charge on any atom is -0.468 e. The lowest BCUT2D eigenvalue weighted by molar-refractivity contribution is -0.132. The predicted molar refractivity (Wildman–Crippen MR) is 104 cm³/mol. The van der Waals surface area contributed by atoms with E-state index in [4.69, 9.17) is 4.74 Å². The van der Waals surface area contributed by atoms with E-state index in [9.17, 15) is 14.0 Å². The molecule has 1 heterocycles. The van der Waals surface area contributed by atoms with E-state index in [0.29, 0.717) is 29.8 Å². The van der Waals surface area contributed by atoms with Crippen LogP contribution < -0.4 is 4.74 Å². The number of nitrogens with zero attached hydrogens (tertiary/aromatic N) is 1. The number of esters is 1. The molecule has 2 aromatic carbocycles. The molecule has 27 heavy (non-hydrogen) atoms. The molecule has 142 valence electrons. The smallest absolute Gasteiger partial charge is 0.308 e. The van der Waals surface area contributed by atoms with Gasteiger partial charge < -0.3 is 14.0 Å². The minimum absolute atomic E-state index is 0.272. The van der Waals surface area contributed by atoms with Crippen molar-refractivity contribution >= 4 is 39.3 Å². The standard InChI is InChI=1S/C17H13BrFNO2.C3H6O2/c1-11(21)22-14-3-5-17-13(9-14)6-7-20(17)10-12-2-4-15(18)16(19)8-12;1-2-5-3-4/h2-9H,10H2,1H3;3H,2H2,1H3. The number of fused-ring (bicyclic) bond motifs is 1. The van der Waals surface area contributed by atoms with Gasteiger partial charge in [0.15, 0.2) is 0 Å². The van der Waals surface area contributed by atoms with E-state index in [1.165, 1.54) is 13.0 Å². The summed E-state index contributed by atoms with van der Waals surface area (Å²) in [6.45, 7) is 4.61. The number of benzene rings is 2. The molecule has 0 saturated heterocycles. The van der Waals surface area contributed by atoms with E-state index < -0.39 is 0 Å². The van der Waals surface area contributed by atoms with Crippen LogP contribution in [0.1, 0.15) is 19.4 Å². The summed E-state index contributed by atoms with van der Waals surface area (Å²) in [7, 11) is 0. The molecule has 0 N–H and O–H groups in total. The van der Waals surface area contributed by atoms with E-state index in [-0.39, 0.29) is 11.8 Å². The SMILES string of the molecule is CC(=O)Oc1ccc2c(ccn2Cc2ccc(Br)c(F)c2)c1.CCOC=O. The molecule has 0 atom stereocenters. The maximum Gasteiger partial charge on any atom is 0.308 e. The molecule has 0 amide bonds. The Kier molecular flexibility index (Phi) is 7.55. The fourth-order valence-corrected chi connectivity index (χ4v) is 2.69. The van der Waals surface area contributed by atoms with Gasteiger partial charge in [-0.05, 0) is 64.8 Å². The summed E-state index contributed by atoms with van der Waals surface area (Å²) < 4.78 is 25.3. The second-order valence-electron chi connectivity index (χ2n) is 5.56. The van der Waals surface area contributed by atoms with Crippen molar-refractivity contribution in [3.63, 3.8) is 0 Å². The lowest BCUT2D eigenvalue weighted by Crippen LogP contribution is -2.01. The molecule has 0 radical (unpaired) electrons. The molecule has 3 aromatic rings. The van der Waals surface area contributed by atoms with Crippen LogP contribution in [0, 0.1) is 5.82 Å². The van der Waals surface area contributed by atoms with Gasteiger partial charge in [0.05, 0.1) is 11.1 Å². The molecular formula is C20H19BrFNO4. The molecular weight excluding hydrogens is 417 g/mol. The Morgan fingerprint density at radius 2 is 2.00 bits per heavy atom. The Morgan fingerprint density at radius 3 is 2.59 bits per heavy atom. The van der Waals surface area contributed by atoms with Crippen LogP contribution in [0.2, 0.25) is 0 Å². The third-order valence-corrected chi connectivity index (χ3v) is 4.22. The first kappa shape index (κ1) is 20.6. The second-order valence-corrected chi connectivity index (χ2v) is 6.41. The first-order valence-electron chi connectivity index (χ1n) is 8.21. The van der Waals surface area contributed by atoms with Gasteiger partial charge in [-0.25, -0.2) is 4.39 Å². The third-order valence-electron chi connectivity index (χ3n) is 3.58. The van der Waals surface area contributed by atoms with Crippen LogP contribution in [-0.4, -0.2) is 23.6 Å². The number of ether oxygens (including phenoxy) is 2. The Labute approximate surface area is 164 Å². The van der Waals surface area contributed by atoms with E-state index in [2.05, 4.69) is 20.7 Å². The van der Waals surface area contributed by atoms with Crippen molar-refractivity contribution in [2.45, 2.75) is 20.4 Å². The maximum atomic E-state index is 13.6. The first-order chi connectivity index (χ1) is 12.9. The van der Waals surface area contributed by atoms with E-state index in [1.807, 2.05) is 35.0 Å². The Hall–Kier alpha value is -2.67. The number of halogens is 2. The van der Waals surface area contributed by atoms with Gasteiger partial charge in [0.25, 0.3) is 6.47 Å². The summed E-state index contributed by atoms with van der Waals surface area (Å²) in [5.41, 5.74) is 1.88. The number of carbonyl (C=O) groups is 2. The monoisotopic (exact) mass is 435 g/mol. The van der Waals surface area contributed by atoms with Crippen molar-refractivity contribution in [1.29, 1.82) is 0 Å². The zero-order valence-corrected chi connectivity index (χ0v) is 16.5. The quantitative estimate of drug-likeness (QED) is 0.331. The van der Waals surface area contributed by atoms with Crippen molar-refractivity contribution in [1.82, 2.24) is 4.57 Å². The summed E-state index contributed by atoms with van der Waals surface area (Å²) in [6, 6.07) is 12.5. The number of carbonyl (C=O) groups excluding carboxylic acids is 2. The number of hydrogen-bond acceptors (Lipinski definition) is 4. The molecule has 0 aliphatic rings. The van der Waals surface area contributed by atoms with Crippen LogP contribution >= 0.6 is 15.9 Å². The Morgan fingerprint density at radius 1 is 1.22 bits per heavy atom. The largest absolute Gasteiger partial charge is 0.468 e. The lowest BCUT2D eigenvalue weighted by Gasteiger charge is -2.07. The lowest BCUT2D eigenvalue weighted by atomic mass is 10.2. The highest BCUT2D eigenvalue weighted by molar-refractivity contribution is 9.10. The van der Waals surface area contributed by atoms with E-state index in [1.54, 1.807) is 19.1 Å². The van der Waals surface area contributed by atoms with Crippen LogP contribution in [0.5, 0.6) is 5.75 Å². The normalized spacial score (nSPS) is 10.1. The number of hydrogen-bond donors (Lipinski definition) is 0. The van der Waals surface area contributed by atoms with Gasteiger partial charge in [0, 0.05) is 30.6 Å². The molecule has 0 fully saturated rings. The summed E-state index contributed by atoms with van der Waals surface area (Å²) in [4.78, 5) is 20.2. The van der Waals surface area contributed by atoms with Crippen LogP contribution in [0.3, 0.4) is 0 Å². The maximum absolute atomic E-state index is 13.6. The molecule has 7 heteroatoms. The van der Waals surface area contributed by atoms with Gasteiger partial charge >= 0.3 is 5.97 Å². The minimum atomic E-state index is -0.343. The van der Waals surface area contributed by atoms with Crippen LogP contribution in [0.25, 0.3) is 10.9 Å². The predicted octanol–water partition coefficient (Wildman–Crippen LogP) is 4.70. The third kappa shape index (κ3) is 5.92.